The molecule has 0 fully saturated rings. The fraction of sp³-hybridized carbons (Fsp3) is 0.0286. The highest BCUT2D eigenvalue weighted by Crippen LogP contribution is 2.57. The number of hydrogen-bond acceptors (Lipinski definition) is 4. The zero-order valence-electron chi connectivity index (χ0n) is 21.2. The molecule has 6 aromatic rings. The van der Waals surface area contributed by atoms with Crippen LogP contribution in [0.3, 0.4) is 0 Å². The molecule has 0 saturated heterocycles. The molecule has 40 heavy (non-hydrogen) atoms. The van der Waals surface area contributed by atoms with Crippen molar-refractivity contribution < 1.29 is 0 Å². The highest BCUT2D eigenvalue weighted by molar-refractivity contribution is 8.01. The standard InChI is InChI=1S/C35H19BS4/c1-3-9-25-21(7-1)33-22-15-19-18-32-24(16-20(19)17-31(22)39-28-12-5-11-27(37-25)34(28)33)36-23-8-2-4-10-26(23)38-29-13-6-14-30(40-32)35(29)36/h1-18,33H. The van der Waals surface area contributed by atoms with Gasteiger partial charge >= 0.3 is 0 Å². The van der Waals surface area contributed by atoms with Crippen molar-refractivity contribution in [3.05, 3.63) is 126 Å². The first-order valence-corrected chi connectivity index (χ1v) is 16.8. The van der Waals surface area contributed by atoms with Gasteiger partial charge in [-0.05, 0) is 87.5 Å². The highest BCUT2D eigenvalue weighted by Gasteiger charge is 2.39. The second-order valence-electron chi connectivity index (χ2n) is 10.8. The number of fused-ring (bicyclic) bond motifs is 9. The van der Waals surface area contributed by atoms with Gasteiger partial charge in [-0.1, -0.05) is 113 Å². The van der Waals surface area contributed by atoms with E-state index in [0.29, 0.717) is 12.6 Å². The van der Waals surface area contributed by atoms with Gasteiger partial charge in [-0.15, -0.1) is 0 Å². The minimum atomic E-state index is 0.290. The molecule has 4 heterocycles. The summed E-state index contributed by atoms with van der Waals surface area (Å²) < 4.78 is 0. The van der Waals surface area contributed by atoms with E-state index in [2.05, 4.69) is 109 Å². The zero-order valence-corrected chi connectivity index (χ0v) is 24.4. The summed E-state index contributed by atoms with van der Waals surface area (Å²) in [4.78, 5) is 11.2. The molecule has 0 radical (unpaired) electrons. The van der Waals surface area contributed by atoms with Crippen LogP contribution in [0.5, 0.6) is 0 Å². The van der Waals surface area contributed by atoms with Crippen molar-refractivity contribution in [3.63, 3.8) is 0 Å². The van der Waals surface area contributed by atoms with E-state index in [4.69, 9.17) is 0 Å². The minimum Gasteiger partial charge on any atom is -0.0911 e. The minimum absolute atomic E-state index is 0.290. The average molecular weight is 579 g/mol. The van der Waals surface area contributed by atoms with Crippen LogP contribution in [0.1, 0.15) is 22.6 Å². The molecule has 186 valence electrons. The van der Waals surface area contributed by atoms with E-state index in [1.807, 2.05) is 47.0 Å². The fourth-order valence-electron chi connectivity index (χ4n) is 7.00. The predicted molar refractivity (Wildman–Crippen MR) is 172 cm³/mol. The van der Waals surface area contributed by atoms with Gasteiger partial charge in [0.15, 0.2) is 0 Å². The molecule has 4 aliphatic heterocycles. The van der Waals surface area contributed by atoms with Gasteiger partial charge in [0.25, 0.3) is 0 Å². The van der Waals surface area contributed by atoms with Crippen molar-refractivity contribution in [1.82, 2.24) is 0 Å². The molecule has 0 nitrogen and oxygen atoms in total. The van der Waals surface area contributed by atoms with Crippen molar-refractivity contribution in [3.8, 4) is 0 Å². The number of benzene rings is 6. The molecule has 10 rings (SSSR count). The average Bonchev–Trinajstić information content (AvgIpc) is 2.99. The predicted octanol–water partition coefficient (Wildman–Crippen LogP) is 8.39. The Labute approximate surface area is 250 Å². The van der Waals surface area contributed by atoms with Crippen LogP contribution in [0.2, 0.25) is 0 Å². The van der Waals surface area contributed by atoms with Gasteiger partial charge < -0.3 is 0 Å². The van der Waals surface area contributed by atoms with E-state index in [9.17, 15) is 0 Å². The van der Waals surface area contributed by atoms with Gasteiger partial charge in [-0.3, -0.25) is 0 Å². The van der Waals surface area contributed by atoms with Crippen molar-refractivity contribution in [1.29, 1.82) is 0 Å². The van der Waals surface area contributed by atoms with E-state index in [-0.39, 0.29) is 0 Å². The monoisotopic (exact) mass is 578 g/mol. The summed E-state index contributed by atoms with van der Waals surface area (Å²) in [7, 11) is 0. The van der Waals surface area contributed by atoms with Crippen molar-refractivity contribution in [2.24, 2.45) is 0 Å². The highest BCUT2D eigenvalue weighted by atomic mass is 32.2. The lowest BCUT2D eigenvalue weighted by Crippen LogP contribution is -2.57. The van der Waals surface area contributed by atoms with Crippen LogP contribution in [0.15, 0.2) is 148 Å². The summed E-state index contributed by atoms with van der Waals surface area (Å²) in [6, 6.07) is 41.7. The molecule has 0 spiro atoms. The third-order valence-electron chi connectivity index (χ3n) is 8.69. The molecule has 6 aromatic carbocycles. The Balaban J connectivity index is 1.21. The first-order chi connectivity index (χ1) is 19.8. The van der Waals surface area contributed by atoms with Crippen LogP contribution in [0.4, 0.5) is 0 Å². The maximum atomic E-state index is 2.51. The van der Waals surface area contributed by atoms with Gasteiger partial charge in [0, 0.05) is 45.1 Å². The lowest BCUT2D eigenvalue weighted by Gasteiger charge is -2.35. The largest absolute Gasteiger partial charge is 0.247 e. The van der Waals surface area contributed by atoms with Crippen molar-refractivity contribution >= 4 is 80.9 Å². The first-order valence-electron chi connectivity index (χ1n) is 13.6. The molecule has 0 bridgehead atoms. The number of rotatable bonds is 0. The van der Waals surface area contributed by atoms with Gasteiger partial charge in [0.05, 0.1) is 0 Å². The Hall–Kier alpha value is -2.96. The second kappa shape index (κ2) is 8.30. The van der Waals surface area contributed by atoms with E-state index in [1.165, 1.54) is 83.0 Å². The Morgan fingerprint density at radius 2 is 1.02 bits per heavy atom. The van der Waals surface area contributed by atoms with Gasteiger partial charge in [-0.2, -0.15) is 0 Å². The summed E-state index contributed by atoms with van der Waals surface area (Å²) in [5.41, 5.74) is 8.78. The molecule has 0 saturated carbocycles. The lowest BCUT2D eigenvalue weighted by molar-refractivity contribution is 0.842. The molecule has 5 heteroatoms. The van der Waals surface area contributed by atoms with E-state index in [1.54, 1.807) is 0 Å². The third-order valence-corrected chi connectivity index (χ3v) is 13.3. The zero-order chi connectivity index (χ0) is 25.9. The molecule has 1 atom stereocenters. The summed E-state index contributed by atoms with van der Waals surface area (Å²) in [5, 5.41) is 2.70. The summed E-state index contributed by atoms with van der Waals surface area (Å²) >= 11 is 7.75. The van der Waals surface area contributed by atoms with Crippen LogP contribution in [-0.4, -0.2) is 6.71 Å². The van der Waals surface area contributed by atoms with Gasteiger partial charge in [0.2, 0.25) is 6.71 Å². The Morgan fingerprint density at radius 3 is 1.88 bits per heavy atom. The van der Waals surface area contributed by atoms with Crippen LogP contribution in [0.25, 0.3) is 10.8 Å². The first kappa shape index (κ1) is 22.7. The summed E-state index contributed by atoms with van der Waals surface area (Å²) in [5.74, 6) is 0.290. The SMILES string of the molecule is c1ccc2c(c1)Sc1cccc3c1B2c1cc2cc4c(cc2cc1S3)C1c2ccccc2Sc2cccc(c21)S4. The molecular formula is C35H19BS4. The Morgan fingerprint density at radius 1 is 0.425 bits per heavy atom. The lowest BCUT2D eigenvalue weighted by atomic mass is 9.36. The molecule has 0 aliphatic carbocycles. The normalized spacial score (nSPS) is 16.8. The molecule has 0 amide bonds. The Bertz CT molecular complexity index is 1950. The third kappa shape index (κ3) is 3.07. The van der Waals surface area contributed by atoms with Crippen LogP contribution in [0, 0.1) is 0 Å². The van der Waals surface area contributed by atoms with Gasteiger partial charge in [0.1, 0.15) is 0 Å². The molecule has 0 N–H and O–H groups in total. The quantitative estimate of drug-likeness (QED) is 0.166. The van der Waals surface area contributed by atoms with Crippen molar-refractivity contribution in [2.75, 3.05) is 0 Å². The van der Waals surface area contributed by atoms with Crippen LogP contribution in [-0.2, 0) is 0 Å². The molecule has 1 unspecified atom stereocenters. The second-order valence-corrected chi connectivity index (χ2v) is 15.1. The number of hydrogen-bond donors (Lipinski definition) is 0. The van der Waals surface area contributed by atoms with Gasteiger partial charge in [-0.25, -0.2) is 0 Å². The van der Waals surface area contributed by atoms with Crippen molar-refractivity contribution in [2.45, 2.75) is 45.1 Å². The van der Waals surface area contributed by atoms with E-state index < -0.39 is 0 Å². The molecular weight excluding hydrogens is 559 g/mol. The Kier molecular flexibility index (Phi) is 4.71. The summed E-state index contributed by atoms with van der Waals surface area (Å²) in [6.07, 6.45) is 0. The van der Waals surface area contributed by atoms with E-state index in [0.717, 1.165) is 0 Å². The fourth-order valence-corrected chi connectivity index (χ4v) is 11.9. The maximum absolute atomic E-state index is 2.51. The molecule has 4 aliphatic rings. The van der Waals surface area contributed by atoms with E-state index >= 15 is 0 Å². The van der Waals surface area contributed by atoms with Crippen LogP contribution < -0.4 is 16.4 Å². The maximum Gasteiger partial charge on any atom is 0.247 e. The summed E-state index contributed by atoms with van der Waals surface area (Å²) in [6.45, 7) is 0.290. The van der Waals surface area contributed by atoms with Crippen LogP contribution >= 0.6 is 47.0 Å². The smallest absolute Gasteiger partial charge is 0.0911 e. The topological polar surface area (TPSA) is 0 Å². The molecule has 0 aromatic heterocycles.